The molecule has 14 heavy (non-hydrogen) atoms. The first-order chi connectivity index (χ1) is 6.65. The molecule has 2 aromatic rings. The van der Waals surface area contributed by atoms with E-state index in [9.17, 15) is 0 Å². The molecule has 2 rings (SSSR count). The first-order valence-corrected chi connectivity index (χ1v) is 6.19. The molecule has 1 nitrogen and oxygen atoms in total. The summed E-state index contributed by atoms with van der Waals surface area (Å²) in [6.07, 6.45) is 0.969. The van der Waals surface area contributed by atoms with Crippen molar-refractivity contribution in [2.24, 2.45) is 5.73 Å². The van der Waals surface area contributed by atoms with Gasteiger partial charge in [-0.3, -0.25) is 0 Å². The molecule has 0 aliphatic heterocycles. The molecule has 0 spiro atoms. The van der Waals surface area contributed by atoms with Crippen molar-refractivity contribution in [3.63, 3.8) is 0 Å². The molecule has 1 unspecified atom stereocenters. The number of thiophene rings is 1. The lowest BCUT2D eigenvalue weighted by atomic mass is 10.2. The van der Waals surface area contributed by atoms with Gasteiger partial charge in [0.15, 0.2) is 0 Å². The van der Waals surface area contributed by atoms with Gasteiger partial charge in [-0.15, -0.1) is 11.3 Å². The molecule has 0 saturated heterocycles. The second-order valence-corrected chi connectivity index (χ2v) is 5.66. The van der Waals surface area contributed by atoms with E-state index in [2.05, 4.69) is 40.2 Å². The Morgan fingerprint density at radius 3 is 2.93 bits per heavy atom. The van der Waals surface area contributed by atoms with Gasteiger partial charge < -0.3 is 5.73 Å². The van der Waals surface area contributed by atoms with Crippen molar-refractivity contribution >= 4 is 37.4 Å². The molecule has 0 aliphatic carbocycles. The monoisotopic (exact) mass is 269 g/mol. The third kappa shape index (κ3) is 2.16. The predicted molar refractivity (Wildman–Crippen MR) is 66.9 cm³/mol. The molecule has 1 aromatic heterocycles. The van der Waals surface area contributed by atoms with Gasteiger partial charge in [-0.25, -0.2) is 0 Å². The van der Waals surface area contributed by atoms with Crippen molar-refractivity contribution in [1.82, 2.24) is 0 Å². The molecule has 1 aromatic carbocycles. The Kier molecular flexibility index (Phi) is 2.91. The Labute approximate surface area is 96.1 Å². The van der Waals surface area contributed by atoms with E-state index >= 15 is 0 Å². The van der Waals surface area contributed by atoms with Gasteiger partial charge in [-0.05, 0) is 43.0 Å². The van der Waals surface area contributed by atoms with Crippen LogP contribution in [0, 0.1) is 0 Å². The van der Waals surface area contributed by atoms with Gasteiger partial charge in [0.25, 0.3) is 0 Å². The van der Waals surface area contributed by atoms with Gasteiger partial charge in [0.05, 0.1) is 0 Å². The van der Waals surface area contributed by atoms with Crippen molar-refractivity contribution in [2.75, 3.05) is 0 Å². The van der Waals surface area contributed by atoms with E-state index in [4.69, 9.17) is 5.73 Å². The molecule has 3 heteroatoms. The average molecular weight is 270 g/mol. The van der Waals surface area contributed by atoms with Crippen molar-refractivity contribution in [2.45, 2.75) is 19.4 Å². The molecule has 0 fully saturated rings. The topological polar surface area (TPSA) is 26.0 Å². The predicted octanol–water partition coefficient (Wildman–Crippen LogP) is 3.55. The number of hydrogen-bond donors (Lipinski definition) is 1. The Morgan fingerprint density at radius 1 is 1.43 bits per heavy atom. The fourth-order valence-corrected chi connectivity index (χ4v) is 3.05. The molecular formula is C11H12BrNS. The number of halogens is 1. The van der Waals surface area contributed by atoms with Crippen LogP contribution < -0.4 is 5.73 Å². The molecule has 1 heterocycles. The highest BCUT2D eigenvalue weighted by atomic mass is 79.9. The molecule has 1 atom stereocenters. The molecule has 2 N–H and O–H groups in total. The minimum atomic E-state index is 0.242. The Hall–Kier alpha value is -0.380. The van der Waals surface area contributed by atoms with Crippen LogP contribution in [0.4, 0.5) is 0 Å². The summed E-state index contributed by atoms with van der Waals surface area (Å²) < 4.78 is 2.47. The smallest absolute Gasteiger partial charge is 0.0346 e. The van der Waals surface area contributed by atoms with Crippen LogP contribution in [0.3, 0.4) is 0 Å². The second-order valence-electron chi connectivity index (χ2n) is 3.58. The number of nitrogens with two attached hydrogens (primary N) is 1. The van der Waals surface area contributed by atoms with E-state index < -0.39 is 0 Å². The SMILES string of the molecule is CC(N)Cc1cc2cc(Br)ccc2s1. The van der Waals surface area contributed by atoms with E-state index in [0.29, 0.717) is 0 Å². The van der Waals surface area contributed by atoms with Gasteiger partial charge >= 0.3 is 0 Å². The van der Waals surface area contributed by atoms with Crippen molar-refractivity contribution < 1.29 is 0 Å². The van der Waals surface area contributed by atoms with E-state index in [-0.39, 0.29) is 6.04 Å². The lowest BCUT2D eigenvalue weighted by Crippen LogP contribution is -2.16. The summed E-state index contributed by atoms with van der Waals surface area (Å²) in [6.45, 7) is 2.04. The lowest BCUT2D eigenvalue weighted by Gasteiger charge is -1.99. The van der Waals surface area contributed by atoms with Crippen LogP contribution in [0.1, 0.15) is 11.8 Å². The Bertz CT molecular complexity index is 447. The molecule has 0 saturated carbocycles. The molecule has 74 valence electrons. The van der Waals surface area contributed by atoms with Crippen LogP contribution in [0.5, 0.6) is 0 Å². The summed E-state index contributed by atoms with van der Waals surface area (Å²) >= 11 is 5.31. The quantitative estimate of drug-likeness (QED) is 0.887. The van der Waals surface area contributed by atoms with E-state index in [0.717, 1.165) is 10.9 Å². The average Bonchev–Trinajstić information content (AvgIpc) is 2.44. The van der Waals surface area contributed by atoms with Gasteiger partial charge in [-0.1, -0.05) is 15.9 Å². The highest BCUT2D eigenvalue weighted by Crippen LogP contribution is 2.28. The maximum Gasteiger partial charge on any atom is 0.0346 e. The third-order valence-electron chi connectivity index (χ3n) is 2.05. The Morgan fingerprint density at radius 2 is 2.21 bits per heavy atom. The van der Waals surface area contributed by atoms with Crippen LogP contribution in [0.2, 0.25) is 0 Å². The van der Waals surface area contributed by atoms with Crippen LogP contribution in [0.15, 0.2) is 28.7 Å². The molecule has 0 radical (unpaired) electrons. The Balaban J connectivity index is 2.41. The number of benzene rings is 1. The van der Waals surface area contributed by atoms with Gasteiger partial charge in [-0.2, -0.15) is 0 Å². The number of hydrogen-bond acceptors (Lipinski definition) is 2. The fourth-order valence-electron chi connectivity index (χ4n) is 1.49. The van der Waals surface area contributed by atoms with E-state index in [1.165, 1.54) is 15.0 Å². The zero-order valence-electron chi connectivity index (χ0n) is 7.96. The van der Waals surface area contributed by atoms with Gasteiger partial charge in [0.1, 0.15) is 0 Å². The van der Waals surface area contributed by atoms with E-state index in [1.54, 1.807) is 0 Å². The first-order valence-electron chi connectivity index (χ1n) is 4.59. The summed E-state index contributed by atoms with van der Waals surface area (Å²) in [7, 11) is 0. The maximum atomic E-state index is 5.77. The molecule has 0 bridgehead atoms. The minimum Gasteiger partial charge on any atom is -0.328 e. The largest absolute Gasteiger partial charge is 0.328 e. The van der Waals surface area contributed by atoms with Crippen molar-refractivity contribution in [1.29, 1.82) is 0 Å². The second kappa shape index (κ2) is 4.01. The van der Waals surface area contributed by atoms with Gasteiger partial charge in [0.2, 0.25) is 0 Å². The normalized spacial score (nSPS) is 13.4. The summed E-state index contributed by atoms with van der Waals surface area (Å²) in [5.41, 5.74) is 5.77. The first kappa shape index (κ1) is 10.1. The standard InChI is InChI=1S/C11H12BrNS/c1-7(13)4-10-6-8-5-9(12)2-3-11(8)14-10/h2-3,5-7H,4,13H2,1H3. The molecule has 0 aliphatic rings. The number of fused-ring (bicyclic) bond motifs is 1. The van der Waals surface area contributed by atoms with Crippen LogP contribution in [-0.4, -0.2) is 6.04 Å². The number of rotatable bonds is 2. The summed E-state index contributed by atoms with van der Waals surface area (Å²) in [5, 5.41) is 1.31. The maximum absolute atomic E-state index is 5.77. The highest BCUT2D eigenvalue weighted by molar-refractivity contribution is 9.10. The van der Waals surface area contributed by atoms with Crippen molar-refractivity contribution in [3.05, 3.63) is 33.6 Å². The van der Waals surface area contributed by atoms with Crippen LogP contribution in [0.25, 0.3) is 10.1 Å². The van der Waals surface area contributed by atoms with E-state index in [1.807, 2.05) is 18.3 Å². The fraction of sp³-hybridized carbons (Fsp3) is 0.273. The molecular weight excluding hydrogens is 258 g/mol. The van der Waals surface area contributed by atoms with Crippen molar-refractivity contribution in [3.8, 4) is 0 Å². The van der Waals surface area contributed by atoms with Gasteiger partial charge in [0, 0.05) is 20.1 Å². The highest BCUT2D eigenvalue weighted by Gasteiger charge is 2.04. The van der Waals surface area contributed by atoms with Crippen LogP contribution >= 0.6 is 27.3 Å². The zero-order chi connectivity index (χ0) is 10.1. The summed E-state index contributed by atoms with van der Waals surface area (Å²) in [5.74, 6) is 0. The summed E-state index contributed by atoms with van der Waals surface area (Å²) in [6, 6.07) is 8.85. The minimum absolute atomic E-state index is 0.242. The third-order valence-corrected chi connectivity index (χ3v) is 3.68. The van der Waals surface area contributed by atoms with Crippen LogP contribution in [-0.2, 0) is 6.42 Å². The summed E-state index contributed by atoms with van der Waals surface area (Å²) in [4.78, 5) is 1.37. The zero-order valence-corrected chi connectivity index (χ0v) is 10.4. The lowest BCUT2D eigenvalue weighted by molar-refractivity contribution is 0.747. The molecule has 0 amide bonds.